The van der Waals surface area contributed by atoms with Crippen molar-refractivity contribution < 1.29 is 15.3 Å². The van der Waals surface area contributed by atoms with Gasteiger partial charge < -0.3 is 21.1 Å². The zero-order chi connectivity index (χ0) is 25.2. The van der Waals surface area contributed by atoms with Gasteiger partial charge in [-0.2, -0.15) is 0 Å². The van der Waals surface area contributed by atoms with Gasteiger partial charge in [-0.25, -0.2) is 0 Å². The summed E-state index contributed by atoms with van der Waals surface area (Å²) in [5, 5.41) is 35.7. The van der Waals surface area contributed by atoms with E-state index in [-0.39, 0.29) is 39.1 Å². The molecule has 0 spiro atoms. The van der Waals surface area contributed by atoms with Gasteiger partial charge in [0.2, 0.25) is 0 Å². The predicted octanol–water partition coefficient (Wildman–Crippen LogP) is 5.19. The molecule has 5 rings (SSSR count). The first-order chi connectivity index (χ1) is 15.5. The molecule has 0 aromatic rings. The summed E-state index contributed by atoms with van der Waals surface area (Å²) < 4.78 is 0. The van der Waals surface area contributed by atoms with E-state index in [9.17, 15) is 15.3 Å². The molecule has 4 fully saturated rings. The second-order valence-electron chi connectivity index (χ2n) is 15.3. The molecule has 10 atom stereocenters. The molecule has 0 heterocycles. The van der Waals surface area contributed by atoms with Crippen molar-refractivity contribution in [1.29, 1.82) is 0 Å². The molecule has 0 saturated heterocycles. The highest BCUT2D eigenvalue weighted by molar-refractivity contribution is 5.40. The van der Waals surface area contributed by atoms with Gasteiger partial charge in [-0.1, -0.05) is 60.1 Å². The lowest BCUT2D eigenvalue weighted by Crippen LogP contribution is -2.75. The minimum absolute atomic E-state index is 0.0238. The van der Waals surface area contributed by atoms with Crippen LogP contribution in [0.25, 0.3) is 0 Å². The van der Waals surface area contributed by atoms with Crippen molar-refractivity contribution in [2.45, 2.75) is 124 Å². The van der Waals surface area contributed by atoms with Crippen molar-refractivity contribution in [2.24, 2.45) is 50.1 Å². The second kappa shape index (κ2) is 7.11. The summed E-state index contributed by atoms with van der Waals surface area (Å²) in [5.41, 5.74) is 5.79. The van der Waals surface area contributed by atoms with Gasteiger partial charge in [-0.3, -0.25) is 0 Å². The van der Waals surface area contributed by atoms with Gasteiger partial charge >= 0.3 is 0 Å². The number of aliphatic hydroxyl groups is 3. The minimum Gasteiger partial charge on any atom is -0.393 e. The van der Waals surface area contributed by atoms with E-state index in [0.29, 0.717) is 12.5 Å². The van der Waals surface area contributed by atoms with Crippen LogP contribution in [0, 0.1) is 44.3 Å². The highest BCUT2D eigenvalue weighted by Gasteiger charge is 2.74. The summed E-state index contributed by atoms with van der Waals surface area (Å²) in [6, 6.07) is 0. The summed E-state index contributed by atoms with van der Waals surface area (Å²) in [4.78, 5) is 0. The van der Waals surface area contributed by atoms with Crippen molar-refractivity contribution in [3.05, 3.63) is 11.6 Å². The molecule has 5 aliphatic carbocycles. The van der Waals surface area contributed by atoms with E-state index < -0.39 is 17.1 Å². The average Bonchev–Trinajstić information content (AvgIpc) is 2.77. The maximum absolute atomic E-state index is 12.9. The van der Waals surface area contributed by atoms with Crippen LogP contribution in [-0.4, -0.2) is 39.7 Å². The topological polar surface area (TPSA) is 86.7 Å². The Morgan fingerprint density at radius 2 is 1.50 bits per heavy atom. The lowest BCUT2D eigenvalue weighted by Gasteiger charge is -2.74. The quantitative estimate of drug-likeness (QED) is 0.395. The monoisotopic (exact) mass is 473 g/mol. The van der Waals surface area contributed by atoms with Crippen LogP contribution in [0.3, 0.4) is 0 Å². The Kier molecular flexibility index (Phi) is 5.28. The van der Waals surface area contributed by atoms with Crippen LogP contribution in [0.5, 0.6) is 0 Å². The summed E-state index contributed by atoms with van der Waals surface area (Å²) >= 11 is 0. The van der Waals surface area contributed by atoms with Crippen LogP contribution >= 0.6 is 0 Å². The molecule has 5 N–H and O–H groups in total. The summed E-state index contributed by atoms with van der Waals surface area (Å²) in [6.07, 6.45) is 9.95. The highest BCUT2D eigenvalue weighted by atomic mass is 16.3. The highest BCUT2D eigenvalue weighted by Crippen LogP contribution is 2.76. The molecule has 34 heavy (non-hydrogen) atoms. The van der Waals surface area contributed by atoms with Crippen LogP contribution < -0.4 is 5.73 Å². The molecule has 5 aliphatic rings. The van der Waals surface area contributed by atoms with Crippen LogP contribution in [0.15, 0.2) is 11.6 Å². The number of hydrogen-bond acceptors (Lipinski definition) is 4. The van der Waals surface area contributed by atoms with E-state index in [4.69, 9.17) is 5.73 Å². The fourth-order valence-electron chi connectivity index (χ4n) is 10.6. The van der Waals surface area contributed by atoms with Crippen molar-refractivity contribution in [1.82, 2.24) is 0 Å². The summed E-state index contributed by atoms with van der Waals surface area (Å²) in [7, 11) is 0. The first-order valence-electron chi connectivity index (χ1n) is 14.1. The van der Waals surface area contributed by atoms with E-state index in [1.54, 1.807) is 0 Å². The van der Waals surface area contributed by atoms with Crippen molar-refractivity contribution in [2.75, 3.05) is 6.54 Å². The number of aliphatic hydroxyl groups excluding tert-OH is 2. The zero-order valence-electron chi connectivity index (χ0n) is 22.9. The van der Waals surface area contributed by atoms with E-state index in [1.165, 1.54) is 5.57 Å². The normalized spacial score (nSPS) is 58.6. The summed E-state index contributed by atoms with van der Waals surface area (Å²) in [6.45, 7) is 16.9. The zero-order valence-corrected chi connectivity index (χ0v) is 22.9. The largest absolute Gasteiger partial charge is 0.393 e. The third kappa shape index (κ3) is 2.75. The Morgan fingerprint density at radius 1 is 0.853 bits per heavy atom. The van der Waals surface area contributed by atoms with E-state index >= 15 is 0 Å². The van der Waals surface area contributed by atoms with E-state index in [0.717, 1.165) is 57.8 Å². The second-order valence-corrected chi connectivity index (χ2v) is 15.3. The minimum atomic E-state index is -1.15. The molecular formula is C30H51NO3. The number of rotatable bonds is 1. The smallest absolute Gasteiger partial charge is 0.104 e. The van der Waals surface area contributed by atoms with Gasteiger partial charge in [0.05, 0.1) is 6.10 Å². The first-order valence-corrected chi connectivity index (χ1v) is 14.1. The Morgan fingerprint density at radius 3 is 2.15 bits per heavy atom. The lowest BCUT2D eigenvalue weighted by molar-refractivity contribution is -0.288. The first kappa shape index (κ1) is 25.2. The van der Waals surface area contributed by atoms with Crippen molar-refractivity contribution in [3.8, 4) is 0 Å². The number of hydrogen-bond donors (Lipinski definition) is 4. The fraction of sp³-hybridized carbons (Fsp3) is 0.933. The van der Waals surface area contributed by atoms with Gasteiger partial charge in [0.1, 0.15) is 11.7 Å². The van der Waals surface area contributed by atoms with Crippen LogP contribution in [0.2, 0.25) is 0 Å². The molecule has 4 saturated carbocycles. The Bertz CT molecular complexity index is 899. The molecule has 194 valence electrons. The van der Waals surface area contributed by atoms with E-state index in [1.807, 2.05) is 0 Å². The molecule has 0 aromatic carbocycles. The molecule has 0 bridgehead atoms. The molecule has 0 aromatic heterocycles. The van der Waals surface area contributed by atoms with Gasteiger partial charge in [0, 0.05) is 5.41 Å². The Balaban J connectivity index is 1.66. The van der Waals surface area contributed by atoms with Crippen LogP contribution in [0.1, 0.15) is 106 Å². The predicted molar refractivity (Wildman–Crippen MR) is 137 cm³/mol. The fourth-order valence-corrected chi connectivity index (χ4v) is 10.6. The van der Waals surface area contributed by atoms with Crippen molar-refractivity contribution in [3.63, 3.8) is 0 Å². The molecule has 2 unspecified atom stereocenters. The molecule has 0 aliphatic heterocycles. The third-order valence-corrected chi connectivity index (χ3v) is 13.5. The average molecular weight is 474 g/mol. The Hall–Kier alpha value is -0.420. The maximum Gasteiger partial charge on any atom is 0.104 e. The van der Waals surface area contributed by atoms with Gasteiger partial charge in [0.15, 0.2) is 0 Å². The van der Waals surface area contributed by atoms with Crippen LogP contribution in [0.4, 0.5) is 0 Å². The molecule has 4 heteroatoms. The summed E-state index contributed by atoms with van der Waals surface area (Å²) in [5.74, 6) is 0.426. The standard InChI is InChI=1S/C30H51NO3/c1-24(2)19-8-11-28(6)20(27(19,5)10-9-22(24)32)16-23(33)30(34)21-17-25(3,18-31)12-13-26(21,4)14-15-29(28,30)7/h16,19,21-23,32-34H,8-15,17-18,31H2,1-7H3/t19-,21?,22-,23?,25-,26+,27-,28+,29-,30+/m0/s1. The SMILES string of the molecule is CC1(C)[C@@H](O)CC[C@]2(C)C3=CC(O)[C@]4(O)C5C[C@@](C)(CN)CC[C@]5(C)CC[C@@]4(C)[C@]3(C)CC[C@@H]12. The molecule has 4 nitrogen and oxygen atoms in total. The number of allylic oxidation sites excluding steroid dienone is 1. The van der Waals surface area contributed by atoms with Gasteiger partial charge in [-0.05, 0) is 103 Å². The number of nitrogens with two attached hydrogens (primary N) is 1. The lowest BCUT2D eigenvalue weighted by atomic mass is 9.32. The molecule has 0 radical (unpaired) electrons. The van der Waals surface area contributed by atoms with E-state index in [2.05, 4.69) is 54.5 Å². The maximum atomic E-state index is 12.9. The third-order valence-electron chi connectivity index (χ3n) is 13.5. The Labute approximate surface area is 207 Å². The number of fused-ring (bicyclic) bond motifs is 7. The van der Waals surface area contributed by atoms with Crippen LogP contribution in [-0.2, 0) is 0 Å². The van der Waals surface area contributed by atoms with Gasteiger partial charge in [0.25, 0.3) is 0 Å². The molecule has 0 amide bonds. The van der Waals surface area contributed by atoms with Gasteiger partial charge in [-0.15, -0.1) is 0 Å². The molecular weight excluding hydrogens is 422 g/mol. The van der Waals surface area contributed by atoms with Crippen molar-refractivity contribution >= 4 is 0 Å².